The first kappa shape index (κ1) is 16.8. The quantitative estimate of drug-likeness (QED) is 0.430. The van der Waals surface area contributed by atoms with Gasteiger partial charge in [0, 0.05) is 28.3 Å². The van der Waals surface area contributed by atoms with Gasteiger partial charge in [-0.15, -0.1) is 0 Å². The number of aromatic nitrogens is 4. The van der Waals surface area contributed by atoms with Crippen LogP contribution in [-0.4, -0.2) is 20.2 Å². The van der Waals surface area contributed by atoms with Crippen LogP contribution in [0.4, 0.5) is 23.3 Å². The Hall–Kier alpha value is -1.64. The van der Waals surface area contributed by atoms with Crippen LogP contribution < -0.4 is 10.6 Å². The lowest BCUT2D eigenvalue weighted by atomic mass is 10.3. The molecule has 3 aromatic rings. The number of nitrogens with one attached hydrogen (secondary N) is 3. The molecule has 0 bridgehead atoms. The Bertz CT molecular complexity index is 925. The van der Waals surface area contributed by atoms with Crippen LogP contribution in [0.25, 0.3) is 0 Å². The second kappa shape index (κ2) is 6.93. The van der Waals surface area contributed by atoms with E-state index in [9.17, 15) is 0 Å². The van der Waals surface area contributed by atoms with Gasteiger partial charge >= 0.3 is 0 Å². The van der Waals surface area contributed by atoms with E-state index in [1.807, 2.05) is 24.3 Å². The zero-order valence-corrected chi connectivity index (χ0v) is 16.8. The second-order valence-corrected chi connectivity index (χ2v) is 7.92. The Morgan fingerprint density at radius 1 is 1.16 bits per heavy atom. The number of hydrogen-bond donors (Lipinski definition) is 3. The number of rotatable bonds is 5. The summed E-state index contributed by atoms with van der Waals surface area (Å²) in [5.41, 5.74) is 1.89. The molecule has 0 aliphatic heterocycles. The number of aromatic amines is 1. The maximum Gasteiger partial charge on any atom is 0.229 e. The fraction of sp³-hybridized carbons (Fsp3) is 0.188. The summed E-state index contributed by atoms with van der Waals surface area (Å²) in [5, 5.41) is 14.3. The summed E-state index contributed by atoms with van der Waals surface area (Å²) in [6.07, 6.45) is 4.13. The van der Waals surface area contributed by atoms with E-state index in [0.717, 1.165) is 26.1 Å². The largest absolute Gasteiger partial charge is 0.323 e. The Labute approximate surface area is 166 Å². The summed E-state index contributed by atoms with van der Waals surface area (Å²) >= 11 is 13.1. The third-order valence-electron chi connectivity index (χ3n) is 3.78. The van der Waals surface area contributed by atoms with Crippen LogP contribution in [0.1, 0.15) is 24.5 Å². The first-order chi connectivity index (χ1) is 12.1. The van der Waals surface area contributed by atoms with Gasteiger partial charge in [-0.3, -0.25) is 5.10 Å². The highest BCUT2D eigenvalue weighted by molar-refractivity contribution is 9.10. The maximum atomic E-state index is 6.23. The normalized spacial score (nSPS) is 13.7. The summed E-state index contributed by atoms with van der Waals surface area (Å²) in [4.78, 5) is 8.77. The van der Waals surface area contributed by atoms with Crippen molar-refractivity contribution in [3.05, 3.63) is 50.1 Å². The van der Waals surface area contributed by atoms with Crippen molar-refractivity contribution in [3.8, 4) is 0 Å². The van der Waals surface area contributed by atoms with E-state index in [2.05, 4.69) is 62.7 Å². The van der Waals surface area contributed by atoms with E-state index in [-0.39, 0.29) is 0 Å². The average Bonchev–Trinajstić information content (AvgIpc) is 3.33. The minimum atomic E-state index is 0.438. The maximum absolute atomic E-state index is 6.23. The lowest BCUT2D eigenvalue weighted by Gasteiger charge is -2.10. The van der Waals surface area contributed by atoms with E-state index >= 15 is 0 Å². The van der Waals surface area contributed by atoms with Gasteiger partial charge in [0.2, 0.25) is 5.95 Å². The molecule has 9 heteroatoms. The molecule has 3 N–H and O–H groups in total. The van der Waals surface area contributed by atoms with E-state index in [4.69, 9.17) is 11.6 Å². The number of anilines is 4. The van der Waals surface area contributed by atoms with Gasteiger partial charge in [0.1, 0.15) is 0 Å². The molecular weight excluding hydrogens is 471 g/mol. The Balaban J connectivity index is 1.55. The van der Waals surface area contributed by atoms with Crippen molar-refractivity contribution in [2.45, 2.75) is 18.8 Å². The molecule has 0 atom stereocenters. The van der Waals surface area contributed by atoms with Gasteiger partial charge < -0.3 is 10.6 Å². The van der Waals surface area contributed by atoms with Gasteiger partial charge in [0.05, 0.1) is 15.2 Å². The van der Waals surface area contributed by atoms with Crippen molar-refractivity contribution >= 4 is 66.7 Å². The molecule has 0 amide bonds. The summed E-state index contributed by atoms with van der Waals surface area (Å²) in [5.74, 6) is 2.41. The van der Waals surface area contributed by atoms with Crippen molar-refractivity contribution in [1.29, 1.82) is 0 Å². The molecule has 1 aliphatic rings. The fourth-order valence-corrected chi connectivity index (χ4v) is 3.36. The predicted octanol–water partition coefficient (Wildman–Crippen LogP) is 5.74. The molecular formula is C16H13Br2ClN6. The predicted molar refractivity (Wildman–Crippen MR) is 106 cm³/mol. The summed E-state index contributed by atoms with van der Waals surface area (Å²) in [7, 11) is 0. The topological polar surface area (TPSA) is 78.5 Å². The zero-order valence-electron chi connectivity index (χ0n) is 12.9. The minimum Gasteiger partial charge on any atom is -0.323 e. The molecule has 1 saturated carbocycles. The van der Waals surface area contributed by atoms with Gasteiger partial charge in [-0.2, -0.15) is 10.1 Å². The van der Waals surface area contributed by atoms with E-state index in [1.165, 1.54) is 12.8 Å². The van der Waals surface area contributed by atoms with Crippen molar-refractivity contribution in [1.82, 2.24) is 20.2 Å². The molecule has 2 aromatic heterocycles. The molecule has 6 nitrogen and oxygen atoms in total. The number of halogens is 3. The summed E-state index contributed by atoms with van der Waals surface area (Å²) in [6, 6.07) is 7.59. The van der Waals surface area contributed by atoms with Crippen LogP contribution in [0.3, 0.4) is 0 Å². The SMILES string of the molecule is Clc1cc(Br)ccc1Nc1ncc(Br)c(Nc2cc(C3CC3)[nH]n2)n1. The standard InChI is InChI=1S/C16H13Br2ClN6/c17-9-3-4-12(11(19)5-9)21-16-20-7-10(18)15(23-16)22-14-6-13(24-25-14)8-1-2-8/h3-8H,1-2H2,(H3,20,21,22,23,24,25). The first-order valence-corrected chi connectivity index (χ1v) is 9.62. The summed E-state index contributed by atoms with van der Waals surface area (Å²) < 4.78 is 1.66. The minimum absolute atomic E-state index is 0.438. The number of hydrogen-bond acceptors (Lipinski definition) is 5. The molecule has 0 radical (unpaired) electrons. The second-order valence-electron chi connectivity index (χ2n) is 5.75. The van der Waals surface area contributed by atoms with Gasteiger partial charge in [-0.25, -0.2) is 4.98 Å². The highest BCUT2D eigenvalue weighted by Crippen LogP contribution is 2.39. The van der Waals surface area contributed by atoms with Crippen LogP contribution in [0.15, 0.2) is 39.4 Å². The van der Waals surface area contributed by atoms with Gasteiger partial charge in [-0.05, 0) is 47.0 Å². The first-order valence-electron chi connectivity index (χ1n) is 7.65. The van der Waals surface area contributed by atoms with Crippen molar-refractivity contribution in [2.75, 3.05) is 10.6 Å². The molecule has 0 saturated heterocycles. The van der Waals surface area contributed by atoms with Gasteiger partial charge in [0.25, 0.3) is 0 Å². The lowest BCUT2D eigenvalue weighted by molar-refractivity contribution is 0.966. The summed E-state index contributed by atoms with van der Waals surface area (Å²) in [6.45, 7) is 0. The van der Waals surface area contributed by atoms with Gasteiger partial charge in [0.15, 0.2) is 11.6 Å². The molecule has 2 heterocycles. The highest BCUT2D eigenvalue weighted by atomic mass is 79.9. The van der Waals surface area contributed by atoms with Crippen LogP contribution in [0, 0.1) is 0 Å². The van der Waals surface area contributed by atoms with Crippen LogP contribution in [0.5, 0.6) is 0 Å². The molecule has 128 valence electrons. The Morgan fingerprint density at radius 2 is 2.00 bits per heavy atom. The van der Waals surface area contributed by atoms with Gasteiger partial charge in [-0.1, -0.05) is 27.5 Å². The van der Waals surface area contributed by atoms with Crippen LogP contribution in [-0.2, 0) is 0 Å². The van der Waals surface area contributed by atoms with Crippen molar-refractivity contribution in [2.24, 2.45) is 0 Å². The molecule has 0 unspecified atom stereocenters. The van der Waals surface area contributed by atoms with E-state index < -0.39 is 0 Å². The third kappa shape index (κ3) is 3.96. The van der Waals surface area contributed by atoms with Crippen LogP contribution >= 0.6 is 43.5 Å². The third-order valence-corrected chi connectivity index (χ3v) is 5.17. The Kier molecular flexibility index (Phi) is 4.66. The molecule has 1 aromatic carbocycles. The molecule has 1 aliphatic carbocycles. The highest BCUT2D eigenvalue weighted by Gasteiger charge is 2.25. The number of benzene rings is 1. The Morgan fingerprint density at radius 3 is 2.76 bits per heavy atom. The van der Waals surface area contributed by atoms with E-state index in [0.29, 0.717) is 22.7 Å². The smallest absolute Gasteiger partial charge is 0.229 e. The number of H-pyrrole nitrogens is 1. The average molecular weight is 485 g/mol. The zero-order chi connectivity index (χ0) is 17.4. The molecule has 4 rings (SSSR count). The molecule has 0 spiro atoms. The van der Waals surface area contributed by atoms with Crippen molar-refractivity contribution < 1.29 is 0 Å². The van der Waals surface area contributed by atoms with Crippen LogP contribution in [0.2, 0.25) is 5.02 Å². The fourth-order valence-electron chi connectivity index (χ4n) is 2.35. The number of nitrogens with zero attached hydrogens (tertiary/aromatic N) is 3. The van der Waals surface area contributed by atoms with Crippen molar-refractivity contribution in [3.63, 3.8) is 0 Å². The van der Waals surface area contributed by atoms with E-state index in [1.54, 1.807) is 6.20 Å². The monoisotopic (exact) mass is 482 g/mol. The lowest BCUT2D eigenvalue weighted by Crippen LogP contribution is -2.02. The molecule has 25 heavy (non-hydrogen) atoms. The molecule has 1 fully saturated rings.